The molecule has 0 aromatic heterocycles. The molecular weight excluding hydrogens is 577 g/mol. The smallest absolute Gasteiger partial charge is 0.0349 e. The first-order chi connectivity index (χ1) is 23.7. The summed E-state index contributed by atoms with van der Waals surface area (Å²) in [6.07, 6.45) is 48.6. The van der Waals surface area contributed by atoms with Gasteiger partial charge in [0.05, 0.1) is 0 Å². The zero-order valence-corrected chi connectivity index (χ0v) is 31.6. The Labute approximate surface area is 298 Å². The summed E-state index contributed by atoms with van der Waals surface area (Å²) in [6.45, 7) is 0. The Morgan fingerprint density at radius 1 is 0.146 bits per heavy atom. The number of fused-ring (bicyclic) bond motifs is 7. The lowest BCUT2D eigenvalue weighted by Gasteiger charge is -2.52. The Morgan fingerprint density at radius 3 is 1.17 bits per heavy atom. The molecule has 0 heterocycles. The first-order valence-corrected chi connectivity index (χ1v) is 23.7. The monoisotopic (exact) mass is 655 g/mol. The third kappa shape index (κ3) is 6.16. The maximum Gasteiger partial charge on any atom is -0.0349 e. The van der Waals surface area contributed by atoms with Gasteiger partial charge in [0.1, 0.15) is 0 Å². The van der Waals surface area contributed by atoms with Crippen molar-refractivity contribution in [2.24, 2.45) is 107 Å². The zero-order valence-electron chi connectivity index (χ0n) is 31.6. The number of rotatable bonds is 4. The Hall–Kier alpha value is 0. The fourth-order valence-corrected chi connectivity index (χ4v) is 18.2. The highest BCUT2D eigenvalue weighted by molar-refractivity contribution is 5.06. The summed E-state index contributed by atoms with van der Waals surface area (Å²) in [6, 6.07) is 0. The van der Waals surface area contributed by atoms with E-state index < -0.39 is 0 Å². The van der Waals surface area contributed by atoms with Crippen LogP contribution >= 0.6 is 0 Å². The minimum Gasteiger partial charge on any atom is -0.0533 e. The van der Waals surface area contributed by atoms with E-state index in [1.165, 1.54) is 0 Å². The molecule has 10 aliphatic carbocycles. The van der Waals surface area contributed by atoms with Gasteiger partial charge >= 0.3 is 0 Å². The second-order valence-electron chi connectivity index (χ2n) is 21.9. The van der Waals surface area contributed by atoms with Crippen molar-refractivity contribution >= 4 is 0 Å². The van der Waals surface area contributed by atoms with Crippen LogP contribution < -0.4 is 0 Å². The third-order valence-corrected chi connectivity index (χ3v) is 20.2. The fourth-order valence-electron chi connectivity index (χ4n) is 18.2. The van der Waals surface area contributed by atoms with Crippen molar-refractivity contribution in [2.75, 3.05) is 0 Å². The van der Waals surface area contributed by atoms with Gasteiger partial charge in [-0.3, -0.25) is 0 Å². The van der Waals surface area contributed by atoms with Crippen molar-refractivity contribution in [3.63, 3.8) is 0 Å². The standard InChI is InChI=1S/C48H78/c1-3-11-31(12-4-1)37-24-38(35-19-20-44-40(22-35)23-36-17-9-10-18-43(36)44)26-41(25-37)46-28-39(32-13-5-2-6-14-32)29-47-45-27-34-16-8-7-15-33(34)21-42(45)30-48(46)47/h31-48H,1-30H2. The normalized spacial score (nSPS) is 53.2. The summed E-state index contributed by atoms with van der Waals surface area (Å²) < 4.78 is 0. The maximum absolute atomic E-state index is 1.70. The minimum absolute atomic E-state index is 1.11. The van der Waals surface area contributed by atoms with Crippen molar-refractivity contribution in [1.82, 2.24) is 0 Å². The number of hydrogen-bond acceptors (Lipinski definition) is 0. The fraction of sp³-hybridized carbons (Fsp3) is 1.00. The predicted octanol–water partition coefficient (Wildman–Crippen LogP) is 13.9. The molecule has 10 rings (SSSR count). The van der Waals surface area contributed by atoms with E-state index in [0.717, 1.165) is 107 Å². The molecule has 0 aromatic carbocycles. The van der Waals surface area contributed by atoms with E-state index in [1.54, 1.807) is 193 Å². The van der Waals surface area contributed by atoms with Crippen LogP contribution in [-0.2, 0) is 0 Å². The molecule has 0 saturated heterocycles. The minimum atomic E-state index is 1.11. The van der Waals surface area contributed by atoms with Crippen LogP contribution in [0.3, 0.4) is 0 Å². The molecule has 270 valence electrons. The first-order valence-electron chi connectivity index (χ1n) is 23.7. The molecule has 16 unspecified atom stereocenters. The molecule has 0 aromatic rings. The van der Waals surface area contributed by atoms with Crippen LogP contribution in [0.1, 0.15) is 193 Å². The van der Waals surface area contributed by atoms with E-state index in [2.05, 4.69) is 0 Å². The van der Waals surface area contributed by atoms with Crippen molar-refractivity contribution in [1.29, 1.82) is 0 Å². The predicted molar refractivity (Wildman–Crippen MR) is 201 cm³/mol. The van der Waals surface area contributed by atoms with Gasteiger partial charge < -0.3 is 0 Å². The summed E-state index contributed by atoms with van der Waals surface area (Å²) in [7, 11) is 0. The summed E-state index contributed by atoms with van der Waals surface area (Å²) in [4.78, 5) is 0. The highest BCUT2D eigenvalue weighted by atomic mass is 14.6. The molecule has 0 amide bonds. The lowest BCUT2D eigenvalue weighted by Crippen LogP contribution is -2.43. The lowest BCUT2D eigenvalue weighted by molar-refractivity contribution is -0.0233. The van der Waals surface area contributed by atoms with Crippen LogP contribution in [0.25, 0.3) is 0 Å². The highest BCUT2D eigenvalue weighted by Gasteiger charge is 2.56. The SMILES string of the molecule is C1CCC(C2CC(C3CCC4C(C3)CC3CCCCC34)CC(C3CC(C4CCCCC4)CC4C5CC6CCCCC6CC5CC34)C2)CC1. The number of hydrogen-bond donors (Lipinski definition) is 0. The highest BCUT2D eigenvalue weighted by Crippen LogP contribution is 2.65. The summed E-state index contributed by atoms with van der Waals surface area (Å²) >= 11 is 0. The average molecular weight is 655 g/mol. The molecule has 10 aliphatic rings. The molecule has 16 atom stereocenters. The van der Waals surface area contributed by atoms with Gasteiger partial charge in [-0.05, 0) is 190 Å². The van der Waals surface area contributed by atoms with Gasteiger partial charge in [0.2, 0.25) is 0 Å². The van der Waals surface area contributed by atoms with Gasteiger partial charge in [-0.2, -0.15) is 0 Å². The lowest BCUT2D eigenvalue weighted by atomic mass is 9.53. The second kappa shape index (κ2) is 14.1. The van der Waals surface area contributed by atoms with Crippen LogP contribution in [0.4, 0.5) is 0 Å². The van der Waals surface area contributed by atoms with Crippen LogP contribution in [0.2, 0.25) is 0 Å². The quantitative estimate of drug-likeness (QED) is 0.283. The van der Waals surface area contributed by atoms with Crippen molar-refractivity contribution < 1.29 is 0 Å². The molecule has 0 heteroatoms. The van der Waals surface area contributed by atoms with Crippen molar-refractivity contribution in [2.45, 2.75) is 193 Å². The molecule has 10 fully saturated rings. The Bertz CT molecular complexity index is 1060. The molecule has 0 N–H and O–H groups in total. The average Bonchev–Trinajstić information content (AvgIpc) is 3.71. The van der Waals surface area contributed by atoms with Crippen LogP contribution in [0, 0.1) is 107 Å². The van der Waals surface area contributed by atoms with Gasteiger partial charge in [-0.1, -0.05) is 109 Å². The van der Waals surface area contributed by atoms with Crippen LogP contribution in [0.15, 0.2) is 0 Å². The largest absolute Gasteiger partial charge is 0.0533 e. The Balaban J connectivity index is 0.920. The van der Waals surface area contributed by atoms with Gasteiger partial charge in [0.15, 0.2) is 0 Å². The first kappa shape index (κ1) is 32.6. The zero-order chi connectivity index (χ0) is 31.6. The van der Waals surface area contributed by atoms with Gasteiger partial charge in [-0.15, -0.1) is 0 Å². The van der Waals surface area contributed by atoms with Gasteiger partial charge in [-0.25, -0.2) is 0 Å². The topological polar surface area (TPSA) is 0 Å². The summed E-state index contributed by atoms with van der Waals surface area (Å²) in [5, 5.41) is 0. The maximum atomic E-state index is 1.70. The van der Waals surface area contributed by atoms with Crippen LogP contribution in [-0.4, -0.2) is 0 Å². The van der Waals surface area contributed by atoms with E-state index in [4.69, 9.17) is 0 Å². The van der Waals surface area contributed by atoms with E-state index >= 15 is 0 Å². The molecule has 0 radical (unpaired) electrons. The van der Waals surface area contributed by atoms with E-state index in [0.29, 0.717) is 0 Å². The van der Waals surface area contributed by atoms with E-state index in [-0.39, 0.29) is 0 Å². The molecule has 0 spiro atoms. The van der Waals surface area contributed by atoms with Gasteiger partial charge in [0, 0.05) is 0 Å². The van der Waals surface area contributed by atoms with Crippen molar-refractivity contribution in [3.8, 4) is 0 Å². The van der Waals surface area contributed by atoms with Gasteiger partial charge in [0.25, 0.3) is 0 Å². The third-order valence-electron chi connectivity index (χ3n) is 20.2. The van der Waals surface area contributed by atoms with E-state index in [1.807, 2.05) is 0 Å². The molecule has 0 nitrogen and oxygen atoms in total. The van der Waals surface area contributed by atoms with Crippen LogP contribution in [0.5, 0.6) is 0 Å². The summed E-state index contributed by atoms with van der Waals surface area (Å²) in [5.74, 6) is 20.4. The summed E-state index contributed by atoms with van der Waals surface area (Å²) in [5.41, 5.74) is 0. The molecule has 0 aliphatic heterocycles. The molecular formula is C48H78. The molecule has 48 heavy (non-hydrogen) atoms. The Kier molecular flexibility index (Phi) is 9.58. The molecule has 0 bridgehead atoms. The van der Waals surface area contributed by atoms with E-state index in [9.17, 15) is 0 Å². The van der Waals surface area contributed by atoms with Crippen molar-refractivity contribution in [3.05, 3.63) is 0 Å². The molecule has 10 saturated carbocycles. The Morgan fingerprint density at radius 2 is 0.479 bits per heavy atom. The second-order valence-corrected chi connectivity index (χ2v) is 21.9.